The number of unbranched alkanes of at least 4 members (excludes halogenated alkanes) is 3. The summed E-state index contributed by atoms with van der Waals surface area (Å²) in [5, 5.41) is 11.9. The van der Waals surface area contributed by atoms with Crippen LogP contribution in [0.1, 0.15) is 42.5 Å². The SMILES string of the molecule is O=Cc1ccc(OCCCCCCNCCCO)cc1. The van der Waals surface area contributed by atoms with Crippen molar-refractivity contribution < 1.29 is 14.6 Å². The van der Waals surface area contributed by atoms with Crippen LogP contribution >= 0.6 is 0 Å². The van der Waals surface area contributed by atoms with E-state index in [0.29, 0.717) is 5.56 Å². The van der Waals surface area contributed by atoms with Crippen LogP contribution in [-0.4, -0.2) is 37.7 Å². The maximum absolute atomic E-state index is 10.5. The fourth-order valence-electron chi connectivity index (χ4n) is 1.87. The minimum absolute atomic E-state index is 0.262. The monoisotopic (exact) mass is 279 g/mol. The molecule has 1 aromatic rings. The summed E-state index contributed by atoms with van der Waals surface area (Å²) in [6, 6.07) is 7.18. The summed E-state index contributed by atoms with van der Waals surface area (Å²) in [5.74, 6) is 0.821. The average molecular weight is 279 g/mol. The van der Waals surface area contributed by atoms with Gasteiger partial charge in [0.1, 0.15) is 12.0 Å². The molecule has 0 bridgehead atoms. The van der Waals surface area contributed by atoms with E-state index in [1.807, 2.05) is 12.1 Å². The van der Waals surface area contributed by atoms with Crippen LogP contribution in [-0.2, 0) is 0 Å². The quantitative estimate of drug-likeness (QED) is 0.456. The van der Waals surface area contributed by atoms with Crippen molar-refractivity contribution in [3.63, 3.8) is 0 Å². The van der Waals surface area contributed by atoms with Crippen LogP contribution in [0.4, 0.5) is 0 Å². The molecule has 4 nitrogen and oxygen atoms in total. The first-order valence-corrected chi connectivity index (χ1v) is 7.36. The number of aldehydes is 1. The Morgan fingerprint density at radius 1 is 1.00 bits per heavy atom. The first-order valence-electron chi connectivity index (χ1n) is 7.36. The second-order valence-corrected chi connectivity index (χ2v) is 4.78. The highest BCUT2D eigenvalue weighted by molar-refractivity contribution is 5.74. The van der Waals surface area contributed by atoms with Gasteiger partial charge in [-0.1, -0.05) is 12.8 Å². The molecular formula is C16H25NO3. The van der Waals surface area contributed by atoms with Crippen molar-refractivity contribution in [2.75, 3.05) is 26.3 Å². The van der Waals surface area contributed by atoms with Crippen molar-refractivity contribution in [3.8, 4) is 5.75 Å². The van der Waals surface area contributed by atoms with Gasteiger partial charge >= 0.3 is 0 Å². The Balaban J connectivity index is 1.92. The van der Waals surface area contributed by atoms with Crippen LogP contribution in [0.2, 0.25) is 0 Å². The molecule has 0 aliphatic carbocycles. The zero-order valence-corrected chi connectivity index (χ0v) is 12.0. The largest absolute Gasteiger partial charge is 0.494 e. The van der Waals surface area contributed by atoms with E-state index in [1.54, 1.807) is 12.1 Å². The number of nitrogens with one attached hydrogen (secondary N) is 1. The molecule has 0 atom stereocenters. The molecule has 0 aliphatic heterocycles. The minimum atomic E-state index is 0.262. The van der Waals surface area contributed by atoms with E-state index in [4.69, 9.17) is 9.84 Å². The predicted octanol–water partition coefficient (Wildman–Crippen LogP) is 2.41. The molecule has 1 aromatic carbocycles. The Hall–Kier alpha value is -1.39. The molecule has 0 aliphatic rings. The molecule has 20 heavy (non-hydrogen) atoms. The van der Waals surface area contributed by atoms with Gasteiger partial charge in [-0.2, -0.15) is 0 Å². The van der Waals surface area contributed by atoms with Crippen LogP contribution in [0.3, 0.4) is 0 Å². The van der Waals surface area contributed by atoms with E-state index in [-0.39, 0.29) is 6.61 Å². The lowest BCUT2D eigenvalue weighted by Crippen LogP contribution is -2.17. The van der Waals surface area contributed by atoms with Crippen LogP contribution in [0, 0.1) is 0 Å². The van der Waals surface area contributed by atoms with Gasteiger partial charge in [-0.05, 0) is 56.6 Å². The highest BCUT2D eigenvalue weighted by Gasteiger charge is 1.95. The number of ether oxygens (including phenoxy) is 1. The molecule has 0 aromatic heterocycles. The summed E-state index contributed by atoms with van der Waals surface area (Å²) >= 11 is 0. The van der Waals surface area contributed by atoms with Crippen molar-refractivity contribution in [1.29, 1.82) is 0 Å². The lowest BCUT2D eigenvalue weighted by molar-refractivity contribution is 0.112. The topological polar surface area (TPSA) is 58.6 Å². The fraction of sp³-hybridized carbons (Fsp3) is 0.562. The van der Waals surface area contributed by atoms with Crippen molar-refractivity contribution >= 4 is 6.29 Å². The minimum Gasteiger partial charge on any atom is -0.494 e. The van der Waals surface area contributed by atoms with E-state index < -0.39 is 0 Å². The number of hydrogen-bond donors (Lipinski definition) is 2. The molecule has 0 saturated carbocycles. The van der Waals surface area contributed by atoms with Crippen molar-refractivity contribution in [2.24, 2.45) is 0 Å². The average Bonchev–Trinajstić information content (AvgIpc) is 2.50. The first kappa shape index (κ1) is 16.7. The molecule has 0 heterocycles. The number of aliphatic hydroxyl groups is 1. The number of carbonyl (C=O) groups excluding carboxylic acids is 1. The Morgan fingerprint density at radius 2 is 1.70 bits per heavy atom. The molecule has 0 radical (unpaired) electrons. The third-order valence-corrected chi connectivity index (χ3v) is 3.04. The summed E-state index contributed by atoms with van der Waals surface area (Å²) in [5.41, 5.74) is 0.672. The number of carbonyl (C=O) groups is 1. The van der Waals surface area contributed by atoms with Crippen molar-refractivity contribution in [1.82, 2.24) is 5.32 Å². The van der Waals surface area contributed by atoms with Crippen LogP contribution < -0.4 is 10.1 Å². The summed E-state index contributed by atoms with van der Waals surface area (Å²) in [7, 11) is 0. The van der Waals surface area contributed by atoms with Gasteiger partial charge < -0.3 is 15.2 Å². The van der Waals surface area contributed by atoms with Gasteiger partial charge in [0, 0.05) is 12.2 Å². The fourth-order valence-corrected chi connectivity index (χ4v) is 1.87. The molecule has 112 valence electrons. The number of benzene rings is 1. The maximum Gasteiger partial charge on any atom is 0.150 e. The first-order chi connectivity index (χ1) is 9.86. The Morgan fingerprint density at radius 3 is 2.40 bits per heavy atom. The third-order valence-electron chi connectivity index (χ3n) is 3.04. The van der Waals surface area contributed by atoms with Gasteiger partial charge in [0.15, 0.2) is 0 Å². The summed E-state index contributed by atoms with van der Waals surface area (Å²) in [6.07, 6.45) is 6.23. The van der Waals surface area contributed by atoms with E-state index in [2.05, 4.69) is 5.32 Å². The molecule has 2 N–H and O–H groups in total. The van der Waals surface area contributed by atoms with Crippen LogP contribution in [0.5, 0.6) is 5.75 Å². The van der Waals surface area contributed by atoms with Crippen molar-refractivity contribution in [3.05, 3.63) is 29.8 Å². The van der Waals surface area contributed by atoms with E-state index in [1.165, 1.54) is 12.8 Å². The molecule has 0 unspecified atom stereocenters. The Bertz CT molecular complexity index is 351. The molecule has 0 fully saturated rings. The molecule has 0 amide bonds. The number of aliphatic hydroxyl groups excluding tert-OH is 1. The summed E-state index contributed by atoms with van der Waals surface area (Å²) in [6.45, 7) is 2.90. The highest BCUT2D eigenvalue weighted by atomic mass is 16.5. The summed E-state index contributed by atoms with van der Waals surface area (Å²) in [4.78, 5) is 10.5. The van der Waals surface area contributed by atoms with Gasteiger partial charge in [0.05, 0.1) is 6.61 Å². The Labute approximate surface area is 121 Å². The van der Waals surface area contributed by atoms with Gasteiger partial charge in [-0.15, -0.1) is 0 Å². The molecule has 1 rings (SSSR count). The molecular weight excluding hydrogens is 254 g/mol. The third kappa shape index (κ3) is 7.92. The lowest BCUT2D eigenvalue weighted by atomic mass is 10.2. The number of hydrogen-bond acceptors (Lipinski definition) is 4. The summed E-state index contributed by atoms with van der Waals surface area (Å²) < 4.78 is 5.61. The molecule has 4 heteroatoms. The van der Waals surface area contributed by atoms with E-state index in [9.17, 15) is 4.79 Å². The van der Waals surface area contributed by atoms with Crippen molar-refractivity contribution in [2.45, 2.75) is 32.1 Å². The number of rotatable bonds is 12. The Kier molecular flexibility index (Phi) is 9.53. The van der Waals surface area contributed by atoms with E-state index in [0.717, 1.165) is 51.0 Å². The second kappa shape index (κ2) is 11.4. The zero-order valence-electron chi connectivity index (χ0n) is 12.0. The van der Waals surface area contributed by atoms with Gasteiger partial charge in [0.25, 0.3) is 0 Å². The smallest absolute Gasteiger partial charge is 0.150 e. The van der Waals surface area contributed by atoms with Gasteiger partial charge in [-0.3, -0.25) is 4.79 Å². The second-order valence-electron chi connectivity index (χ2n) is 4.78. The predicted molar refractivity (Wildman–Crippen MR) is 80.4 cm³/mol. The normalized spacial score (nSPS) is 10.4. The zero-order chi connectivity index (χ0) is 14.5. The lowest BCUT2D eigenvalue weighted by Gasteiger charge is -2.06. The van der Waals surface area contributed by atoms with Crippen LogP contribution in [0.15, 0.2) is 24.3 Å². The molecule has 0 saturated heterocycles. The van der Waals surface area contributed by atoms with E-state index >= 15 is 0 Å². The maximum atomic E-state index is 10.5. The highest BCUT2D eigenvalue weighted by Crippen LogP contribution is 2.11. The standard InChI is InChI=1S/C16H25NO3/c18-12-5-11-17-10-3-1-2-4-13-20-16-8-6-15(14-19)7-9-16/h6-9,14,17-18H,1-5,10-13H2. The van der Waals surface area contributed by atoms with Crippen LogP contribution in [0.25, 0.3) is 0 Å². The molecule has 0 spiro atoms. The van der Waals surface area contributed by atoms with Gasteiger partial charge in [-0.25, -0.2) is 0 Å². The van der Waals surface area contributed by atoms with Gasteiger partial charge in [0.2, 0.25) is 0 Å².